The van der Waals surface area contributed by atoms with Gasteiger partial charge in [-0.15, -0.1) is 0 Å². The summed E-state index contributed by atoms with van der Waals surface area (Å²) < 4.78 is 1.70. The lowest BCUT2D eigenvalue weighted by Gasteiger charge is -2.19. The minimum absolute atomic E-state index is 0.0141. The summed E-state index contributed by atoms with van der Waals surface area (Å²) in [6.07, 6.45) is 2.98. The zero-order valence-corrected chi connectivity index (χ0v) is 16.1. The molecule has 2 atom stereocenters. The van der Waals surface area contributed by atoms with Gasteiger partial charge in [-0.05, 0) is 54.6 Å². The van der Waals surface area contributed by atoms with Crippen LogP contribution < -0.4 is 10.6 Å². The molecule has 6 heteroatoms. The number of nitrogens with one attached hydrogen (secondary N) is 2. The van der Waals surface area contributed by atoms with Crippen LogP contribution in [-0.2, 0) is 11.8 Å². The van der Waals surface area contributed by atoms with E-state index in [9.17, 15) is 4.79 Å². The molecule has 2 N–H and O–H groups in total. The summed E-state index contributed by atoms with van der Waals surface area (Å²) >= 11 is 0. The van der Waals surface area contributed by atoms with Gasteiger partial charge in [0.2, 0.25) is 11.9 Å². The minimum atomic E-state index is 0.0141. The van der Waals surface area contributed by atoms with Crippen LogP contribution in [0.25, 0.3) is 10.8 Å². The van der Waals surface area contributed by atoms with Gasteiger partial charge in [-0.25, -0.2) is 4.68 Å². The first kappa shape index (κ1) is 17.4. The summed E-state index contributed by atoms with van der Waals surface area (Å²) in [4.78, 5) is 17.4. The topological polar surface area (TPSA) is 71.8 Å². The maximum Gasteiger partial charge on any atom is 0.230 e. The predicted molar refractivity (Wildman–Crippen MR) is 109 cm³/mol. The Morgan fingerprint density at radius 1 is 1.14 bits per heavy atom. The van der Waals surface area contributed by atoms with Crippen molar-refractivity contribution in [3.8, 4) is 0 Å². The summed E-state index contributed by atoms with van der Waals surface area (Å²) in [6.45, 7) is 2.00. The van der Waals surface area contributed by atoms with Crippen molar-refractivity contribution in [2.24, 2.45) is 13.0 Å². The molecule has 1 aliphatic carbocycles. The summed E-state index contributed by atoms with van der Waals surface area (Å²) in [7, 11) is 1.85. The van der Waals surface area contributed by atoms with E-state index in [1.807, 2.05) is 13.1 Å². The van der Waals surface area contributed by atoms with Gasteiger partial charge in [0.15, 0.2) is 5.82 Å². The molecule has 0 bridgehead atoms. The number of fused-ring (bicyclic) bond motifs is 1. The first-order valence-electron chi connectivity index (χ1n) is 10.1. The van der Waals surface area contributed by atoms with Gasteiger partial charge < -0.3 is 5.32 Å². The third-order valence-corrected chi connectivity index (χ3v) is 6.05. The van der Waals surface area contributed by atoms with Crippen molar-refractivity contribution in [3.63, 3.8) is 0 Å². The van der Waals surface area contributed by atoms with Crippen LogP contribution in [0.3, 0.4) is 0 Å². The Balaban J connectivity index is 1.27. The summed E-state index contributed by atoms with van der Waals surface area (Å²) in [5.41, 5.74) is 1.24. The number of carbonyl (C=O) groups is 1. The molecule has 2 aromatic carbocycles. The second-order valence-corrected chi connectivity index (χ2v) is 7.99. The van der Waals surface area contributed by atoms with E-state index in [0.717, 1.165) is 38.2 Å². The average molecular weight is 375 g/mol. The molecular formula is C22H25N5O. The Morgan fingerprint density at radius 3 is 2.75 bits per heavy atom. The summed E-state index contributed by atoms with van der Waals surface area (Å²) in [5, 5.41) is 13.4. The molecule has 1 aromatic heterocycles. The Labute approximate surface area is 164 Å². The molecule has 2 fully saturated rings. The number of aromatic nitrogens is 3. The number of benzene rings is 2. The molecule has 0 radical (unpaired) electrons. The Bertz CT molecular complexity index is 1020. The van der Waals surface area contributed by atoms with Gasteiger partial charge in [0.05, 0.1) is 0 Å². The molecule has 1 aliphatic heterocycles. The van der Waals surface area contributed by atoms with Crippen molar-refractivity contribution >= 4 is 22.6 Å². The van der Waals surface area contributed by atoms with E-state index < -0.39 is 0 Å². The maximum absolute atomic E-state index is 12.8. The number of nitrogens with zero attached hydrogens (tertiary/aromatic N) is 3. The minimum Gasteiger partial charge on any atom is -0.317 e. The van der Waals surface area contributed by atoms with Crippen molar-refractivity contribution in [2.75, 3.05) is 18.4 Å². The number of rotatable bonds is 4. The van der Waals surface area contributed by atoms with Gasteiger partial charge in [0.25, 0.3) is 0 Å². The SMILES string of the molecule is Cn1nc(C2CCNCC2)nc1NC(=O)C1CC1c1ccc2ccccc2c1. The summed E-state index contributed by atoms with van der Waals surface area (Å²) in [5.74, 6) is 2.14. The lowest BCUT2D eigenvalue weighted by molar-refractivity contribution is -0.117. The highest BCUT2D eigenvalue weighted by Gasteiger charge is 2.44. The largest absolute Gasteiger partial charge is 0.317 e. The van der Waals surface area contributed by atoms with E-state index in [4.69, 9.17) is 0 Å². The zero-order valence-electron chi connectivity index (χ0n) is 16.1. The molecule has 6 nitrogen and oxygen atoms in total. The number of hydrogen-bond acceptors (Lipinski definition) is 4. The van der Waals surface area contributed by atoms with E-state index in [2.05, 4.69) is 57.1 Å². The number of anilines is 1. The highest BCUT2D eigenvalue weighted by Crippen LogP contribution is 2.48. The van der Waals surface area contributed by atoms with E-state index in [1.165, 1.54) is 16.3 Å². The molecule has 144 valence electrons. The Kier molecular flexibility index (Phi) is 4.36. The highest BCUT2D eigenvalue weighted by atomic mass is 16.2. The fourth-order valence-corrected chi connectivity index (χ4v) is 4.26. The van der Waals surface area contributed by atoms with Crippen LogP contribution in [-0.4, -0.2) is 33.8 Å². The van der Waals surface area contributed by atoms with Crippen molar-refractivity contribution < 1.29 is 4.79 Å². The average Bonchev–Trinajstić information content (AvgIpc) is 3.46. The lowest BCUT2D eigenvalue weighted by Crippen LogP contribution is -2.27. The van der Waals surface area contributed by atoms with Crippen LogP contribution in [0.4, 0.5) is 5.95 Å². The predicted octanol–water partition coefficient (Wildman–Crippen LogP) is 3.18. The van der Waals surface area contributed by atoms with Crippen LogP contribution in [0.15, 0.2) is 42.5 Å². The van der Waals surface area contributed by atoms with Gasteiger partial charge in [-0.1, -0.05) is 42.5 Å². The van der Waals surface area contributed by atoms with Crippen molar-refractivity contribution in [1.82, 2.24) is 20.1 Å². The van der Waals surface area contributed by atoms with Crippen LogP contribution in [0.5, 0.6) is 0 Å². The second-order valence-electron chi connectivity index (χ2n) is 7.99. The Hall–Kier alpha value is -2.73. The number of amides is 1. The molecule has 28 heavy (non-hydrogen) atoms. The van der Waals surface area contributed by atoms with E-state index in [0.29, 0.717) is 17.8 Å². The van der Waals surface area contributed by atoms with Gasteiger partial charge in [-0.3, -0.25) is 10.1 Å². The zero-order chi connectivity index (χ0) is 19.1. The van der Waals surface area contributed by atoms with Gasteiger partial charge >= 0.3 is 0 Å². The fraction of sp³-hybridized carbons (Fsp3) is 0.409. The molecule has 0 spiro atoms. The highest BCUT2D eigenvalue weighted by molar-refractivity contribution is 5.94. The second kappa shape index (κ2) is 7.02. The van der Waals surface area contributed by atoms with E-state index in [-0.39, 0.29) is 11.8 Å². The quantitative estimate of drug-likeness (QED) is 0.735. The standard InChI is InChI=1S/C22H25N5O/c1-27-22(24-20(26-27)15-8-10-23-11-9-15)25-21(28)19-13-18(19)17-7-6-14-4-2-3-5-16(14)12-17/h2-7,12,15,18-19,23H,8-11,13H2,1H3,(H,24,25,26,28). The molecule has 2 aliphatic rings. The molecule has 2 unspecified atom stereocenters. The van der Waals surface area contributed by atoms with Crippen LogP contribution in [0.1, 0.15) is 42.5 Å². The normalized spacial score (nSPS) is 22.3. The number of hydrogen-bond donors (Lipinski definition) is 2. The third-order valence-electron chi connectivity index (χ3n) is 6.05. The molecule has 1 amide bonds. The van der Waals surface area contributed by atoms with E-state index >= 15 is 0 Å². The van der Waals surface area contributed by atoms with Crippen molar-refractivity contribution in [2.45, 2.75) is 31.1 Å². The van der Waals surface area contributed by atoms with Crippen molar-refractivity contribution in [1.29, 1.82) is 0 Å². The number of carbonyl (C=O) groups excluding carboxylic acids is 1. The van der Waals surface area contributed by atoms with Crippen molar-refractivity contribution in [3.05, 3.63) is 53.9 Å². The number of aryl methyl sites for hydroxylation is 1. The van der Waals surface area contributed by atoms with Crippen LogP contribution in [0, 0.1) is 5.92 Å². The molecule has 1 saturated heterocycles. The summed E-state index contributed by atoms with van der Waals surface area (Å²) in [6, 6.07) is 14.8. The maximum atomic E-state index is 12.8. The molecule has 3 aromatic rings. The first-order chi connectivity index (χ1) is 13.7. The smallest absolute Gasteiger partial charge is 0.230 e. The van der Waals surface area contributed by atoms with Gasteiger partial charge in [-0.2, -0.15) is 10.1 Å². The van der Waals surface area contributed by atoms with E-state index in [1.54, 1.807) is 4.68 Å². The van der Waals surface area contributed by atoms with Crippen LogP contribution >= 0.6 is 0 Å². The first-order valence-corrected chi connectivity index (χ1v) is 10.1. The fourth-order valence-electron chi connectivity index (χ4n) is 4.26. The Morgan fingerprint density at radius 2 is 1.93 bits per heavy atom. The van der Waals surface area contributed by atoms with Crippen LogP contribution in [0.2, 0.25) is 0 Å². The molecular weight excluding hydrogens is 350 g/mol. The van der Waals surface area contributed by atoms with Gasteiger partial charge in [0, 0.05) is 18.9 Å². The molecule has 1 saturated carbocycles. The van der Waals surface area contributed by atoms with Gasteiger partial charge in [0.1, 0.15) is 0 Å². The molecule has 5 rings (SSSR count). The molecule has 2 heterocycles. The third kappa shape index (κ3) is 3.29. The monoisotopic (exact) mass is 375 g/mol. The number of piperidine rings is 1. The lowest BCUT2D eigenvalue weighted by atomic mass is 9.98.